The lowest BCUT2D eigenvalue weighted by molar-refractivity contribution is 0.318. The fraction of sp³-hybridized carbons (Fsp3) is 0.364. The van der Waals surface area contributed by atoms with Crippen molar-refractivity contribution in [2.75, 3.05) is 12.0 Å². The minimum absolute atomic E-state index is 0.0531. The van der Waals surface area contributed by atoms with Gasteiger partial charge in [0, 0.05) is 12.7 Å². The normalized spacial score (nSPS) is 16.1. The number of rotatable bonds is 4. The molecule has 2 heterocycles. The van der Waals surface area contributed by atoms with Gasteiger partial charge < -0.3 is 16.4 Å². The predicted molar refractivity (Wildman–Crippen MR) is 67.0 cm³/mol. The number of nitrogens with one attached hydrogen (secondary N) is 1. The zero-order valence-corrected chi connectivity index (χ0v) is 9.74. The van der Waals surface area contributed by atoms with E-state index in [9.17, 15) is 0 Å². The highest BCUT2D eigenvalue weighted by atomic mass is 16.4. The van der Waals surface area contributed by atoms with Crippen LogP contribution < -0.4 is 11.2 Å². The molecule has 0 saturated heterocycles. The van der Waals surface area contributed by atoms with Crippen molar-refractivity contribution in [3.63, 3.8) is 0 Å². The minimum Gasteiger partial charge on any atom is -0.409 e. The molecular formula is C11H14N6O. The Morgan fingerprint density at radius 3 is 3.11 bits per heavy atom. The highest BCUT2D eigenvalue weighted by Gasteiger charge is 2.21. The first-order valence-corrected chi connectivity index (χ1v) is 5.83. The number of imidazole rings is 1. The summed E-state index contributed by atoms with van der Waals surface area (Å²) in [4.78, 5) is 8.35. The van der Waals surface area contributed by atoms with Crippen molar-refractivity contribution in [2.45, 2.75) is 12.8 Å². The number of nitrogens with zero attached hydrogens (tertiary/aromatic N) is 4. The van der Waals surface area contributed by atoms with Crippen molar-refractivity contribution in [2.24, 2.45) is 16.8 Å². The van der Waals surface area contributed by atoms with Crippen molar-refractivity contribution >= 4 is 17.0 Å². The molecule has 0 bridgehead atoms. The lowest BCUT2D eigenvalue weighted by Crippen LogP contribution is -2.20. The number of pyridine rings is 1. The summed E-state index contributed by atoms with van der Waals surface area (Å²) >= 11 is 0. The van der Waals surface area contributed by atoms with Gasteiger partial charge in [-0.2, -0.15) is 0 Å². The van der Waals surface area contributed by atoms with Crippen molar-refractivity contribution in [3.05, 3.63) is 24.2 Å². The van der Waals surface area contributed by atoms with Crippen molar-refractivity contribution < 1.29 is 5.21 Å². The molecule has 0 spiro atoms. The van der Waals surface area contributed by atoms with Gasteiger partial charge in [0.1, 0.15) is 11.8 Å². The van der Waals surface area contributed by atoms with E-state index in [-0.39, 0.29) is 5.84 Å². The largest absolute Gasteiger partial charge is 0.409 e. The molecule has 7 nitrogen and oxygen atoms in total. The Kier molecular flexibility index (Phi) is 2.51. The van der Waals surface area contributed by atoms with Crippen molar-refractivity contribution in [1.82, 2.24) is 14.6 Å². The lowest BCUT2D eigenvalue weighted by Gasteiger charge is -2.09. The molecule has 0 atom stereocenters. The van der Waals surface area contributed by atoms with Gasteiger partial charge in [0.05, 0.1) is 5.56 Å². The van der Waals surface area contributed by atoms with Crippen LogP contribution in [0.1, 0.15) is 18.4 Å². The Labute approximate surface area is 103 Å². The summed E-state index contributed by atoms with van der Waals surface area (Å²) in [5.74, 6) is 0.795. The molecule has 0 unspecified atom stereocenters. The first-order valence-electron chi connectivity index (χ1n) is 5.83. The van der Waals surface area contributed by atoms with Gasteiger partial charge in [0.15, 0.2) is 11.5 Å². The summed E-state index contributed by atoms with van der Waals surface area (Å²) < 4.78 is 1.79. The fourth-order valence-corrected chi connectivity index (χ4v) is 1.87. The lowest BCUT2D eigenvalue weighted by atomic mass is 10.2. The van der Waals surface area contributed by atoms with Crippen molar-refractivity contribution in [1.29, 1.82) is 0 Å². The summed E-state index contributed by atoms with van der Waals surface area (Å²) in [7, 11) is 0. The molecule has 1 aliphatic rings. The van der Waals surface area contributed by atoms with Crippen LogP contribution in [0, 0.1) is 5.92 Å². The molecule has 7 heteroatoms. The SMILES string of the molecule is NC(=NO)c1ccnc2ncn(NCC3CC3)c12. The first-order chi connectivity index (χ1) is 8.79. The van der Waals surface area contributed by atoms with E-state index in [1.54, 1.807) is 23.3 Å². The molecule has 1 fully saturated rings. The number of hydrogen-bond donors (Lipinski definition) is 3. The second-order valence-electron chi connectivity index (χ2n) is 4.44. The highest BCUT2D eigenvalue weighted by molar-refractivity contribution is 6.06. The van der Waals surface area contributed by atoms with Crippen LogP contribution in [-0.2, 0) is 0 Å². The number of amidine groups is 1. The molecule has 4 N–H and O–H groups in total. The molecule has 1 aliphatic carbocycles. The molecule has 0 amide bonds. The molecule has 2 aromatic rings. The van der Waals surface area contributed by atoms with Crippen LogP contribution in [-0.4, -0.2) is 32.2 Å². The second-order valence-corrected chi connectivity index (χ2v) is 4.44. The number of hydrogen-bond acceptors (Lipinski definition) is 5. The van der Waals surface area contributed by atoms with Gasteiger partial charge in [-0.3, -0.25) is 0 Å². The van der Waals surface area contributed by atoms with Gasteiger partial charge in [-0.1, -0.05) is 5.16 Å². The summed E-state index contributed by atoms with van der Waals surface area (Å²) in [6.45, 7) is 0.899. The molecule has 3 rings (SSSR count). The molecule has 0 aliphatic heterocycles. The molecule has 1 saturated carbocycles. The predicted octanol–water partition coefficient (Wildman–Crippen LogP) is 0.479. The third kappa shape index (κ3) is 1.83. The molecule has 2 aromatic heterocycles. The smallest absolute Gasteiger partial charge is 0.180 e. The summed E-state index contributed by atoms with van der Waals surface area (Å²) in [6, 6.07) is 1.70. The third-order valence-electron chi connectivity index (χ3n) is 3.07. The summed E-state index contributed by atoms with van der Waals surface area (Å²) in [5.41, 5.74) is 10.8. The average molecular weight is 246 g/mol. The Bertz CT molecular complexity index is 601. The van der Waals surface area contributed by atoms with Crippen molar-refractivity contribution in [3.8, 4) is 0 Å². The Morgan fingerprint density at radius 1 is 1.56 bits per heavy atom. The maximum Gasteiger partial charge on any atom is 0.180 e. The van der Waals surface area contributed by atoms with Gasteiger partial charge in [0.2, 0.25) is 0 Å². The molecule has 18 heavy (non-hydrogen) atoms. The number of fused-ring (bicyclic) bond motifs is 1. The van der Waals surface area contributed by atoms with Gasteiger partial charge in [-0.15, -0.1) is 0 Å². The van der Waals surface area contributed by atoms with E-state index in [1.165, 1.54) is 12.8 Å². The average Bonchev–Trinajstić information content (AvgIpc) is 3.14. The quantitative estimate of drug-likeness (QED) is 0.315. The topological polar surface area (TPSA) is 101 Å². The summed E-state index contributed by atoms with van der Waals surface area (Å²) in [5, 5.41) is 11.8. The molecule has 0 aromatic carbocycles. The van der Waals surface area contributed by atoms with Crippen LogP contribution in [0.2, 0.25) is 0 Å². The number of oxime groups is 1. The second kappa shape index (κ2) is 4.17. The maximum absolute atomic E-state index is 8.80. The van der Waals surface area contributed by atoms with Crippen LogP contribution in [0.25, 0.3) is 11.2 Å². The van der Waals surface area contributed by atoms with Crippen LogP contribution in [0.5, 0.6) is 0 Å². The number of aromatic nitrogens is 3. The highest BCUT2D eigenvalue weighted by Crippen LogP contribution is 2.28. The zero-order valence-electron chi connectivity index (χ0n) is 9.74. The third-order valence-corrected chi connectivity index (χ3v) is 3.07. The maximum atomic E-state index is 8.80. The monoisotopic (exact) mass is 246 g/mol. The molecule has 0 radical (unpaired) electrons. The standard InChI is InChI=1S/C11H14N6O/c12-10(16-18)8-3-4-13-11-9(8)17(6-14-11)15-5-7-1-2-7/h3-4,6-7,15,18H,1-2,5H2,(H2,12,16). The first kappa shape index (κ1) is 10.8. The molecular weight excluding hydrogens is 232 g/mol. The Hall–Kier alpha value is -2.31. The Morgan fingerprint density at radius 2 is 2.39 bits per heavy atom. The van der Waals surface area contributed by atoms with Crippen LogP contribution in [0.15, 0.2) is 23.7 Å². The van der Waals surface area contributed by atoms with E-state index in [4.69, 9.17) is 10.9 Å². The minimum atomic E-state index is 0.0531. The summed E-state index contributed by atoms with van der Waals surface area (Å²) in [6.07, 6.45) is 5.79. The van der Waals surface area contributed by atoms with E-state index in [2.05, 4.69) is 20.5 Å². The zero-order chi connectivity index (χ0) is 12.5. The van der Waals surface area contributed by atoms with Crippen LogP contribution >= 0.6 is 0 Å². The Balaban J connectivity index is 2.02. The number of nitrogens with two attached hydrogens (primary N) is 1. The van der Waals surface area contributed by atoms with E-state index in [1.807, 2.05) is 0 Å². The van der Waals surface area contributed by atoms with Gasteiger partial charge in [0.25, 0.3) is 0 Å². The van der Waals surface area contributed by atoms with Crippen LogP contribution in [0.4, 0.5) is 0 Å². The van der Waals surface area contributed by atoms with Gasteiger partial charge >= 0.3 is 0 Å². The van der Waals surface area contributed by atoms with Crippen LogP contribution in [0.3, 0.4) is 0 Å². The van der Waals surface area contributed by atoms with E-state index < -0.39 is 0 Å². The van der Waals surface area contributed by atoms with E-state index >= 15 is 0 Å². The van der Waals surface area contributed by atoms with Gasteiger partial charge in [-0.05, 0) is 24.8 Å². The van der Waals surface area contributed by atoms with E-state index in [0.717, 1.165) is 18.0 Å². The fourth-order valence-electron chi connectivity index (χ4n) is 1.87. The van der Waals surface area contributed by atoms with Gasteiger partial charge in [-0.25, -0.2) is 14.6 Å². The van der Waals surface area contributed by atoms with E-state index in [0.29, 0.717) is 11.2 Å². The molecule has 94 valence electrons.